The van der Waals surface area contributed by atoms with Gasteiger partial charge in [-0.3, -0.25) is 4.79 Å². The highest BCUT2D eigenvalue weighted by atomic mass is 16.5. The normalized spacial score (nSPS) is 29.0. The first kappa shape index (κ1) is 22.3. The molecule has 3 rings (SSSR count). The molecule has 3 atom stereocenters. The molecule has 0 bridgehead atoms. The zero-order valence-electron chi connectivity index (χ0n) is 17.9. The van der Waals surface area contributed by atoms with Gasteiger partial charge < -0.3 is 4.74 Å². The van der Waals surface area contributed by atoms with Crippen molar-refractivity contribution >= 4 is 5.91 Å². The van der Waals surface area contributed by atoms with Crippen molar-refractivity contribution in [3.63, 3.8) is 0 Å². The molecule has 160 valence electrons. The summed E-state index contributed by atoms with van der Waals surface area (Å²) in [5.41, 5.74) is 1.28. The van der Waals surface area contributed by atoms with E-state index in [4.69, 9.17) is 4.74 Å². The average molecular weight is 408 g/mol. The minimum atomic E-state index is -0.548. The summed E-state index contributed by atoms with van der Waals surface area (Å²) in [6, 6.07) is 0. The molecule has 0 radical (unpaired) electrons. The van der Waals surface area contributed by atoms with Gasteiger partial charge in [-0.1, -0.05) is 48.1 Å². The number of amides is 1. The molecule has 1 saturated carbocycles. The van der Waals surface area contributed by atoms with Gasteiger partial charge in [-0.25, -0.2) is 0 Å². The maximum absolute atomic E-state index is 11.0. The first-order chi connectivity index (χ1) is 14.7. The number of carbonyl (C=O) groups is 1. The standard InChI is InChI=1S/C26H33NO3/c28-26(27-29)17-9-5-11-21-10-4-6-12-22(19-18-21)23-13-7-8-16-25(20-23)30-24-14-2-1-3-15-24/h2,10,14-15,18-19,22-23,25H,1,3-5,7-9,11,13,16-17,20H2/b19-18-,21-10-/t22?,23?,25-/m0/s1. The van der Waals surface area contributed by atoms with Crippen molar-refractivity contribution in [2.75, 3.05) is 0 Å². The fourth-order valence-electron chi connectivity index (χ4n) is 4.47. The van der Waals surface area contributed by atoms with Gasteiger partial charge in [0.15, 0.2) is 0 Å². The minimum absolute atomic E-state index is 0.248. The summed E-state index contributed by atoms with van der Waals surface area (Å²) in [5, 5.41) is 2.46. The van der Waals surface area contributed by atoms with E-state index >= 15 is 0 Å². The van der Waals surface area contributed by atoms with Gasteiger partial charge in [0.1, 0.15) is 5.76 Å². The van der Waals surface area contributed by atoms with Crippen LogP contribution >= 0.6 is 0 Å². The van der Waals surface area contributed by atoms with Crippen molar-refractivity contribution < 1.29 is 9.53 Å². The molecule has 3 aliphatic rings. The first-order valence-corrected chi connectivity index (χ1v) is 11.5. The predicted octanol–water partition coefficient (Wildman–Crippen LogP) is 6.55. The summed E-state index contributed by atoms with van der Waals surface area (Å²) in [4.78, 5) is 21.2. The lowest BCUT2D eigenvalue weighted by atomic mass is 9.84. The second-order valence-corrected chi connectivity index (χ2v) is 8.49. The van der Waals surface area contributed by atoms with Crippen LogP contribution in [0, 0.1) is 28.6 Å². The Bertz CT molecular complexity index is 778. The largest absolute Gasteiger partial charge is 0.491 e. The Morgan fingerprint density at radius 3 is 2.87 bits per heavy atom. The van der Waals surface area contributed by atoms with Gasteiger partial charge in [0.25, 0.3) is 5.91 Å². The Hall–Kier alpha value is -2.41. The molecule has 4 heteroatoms. The number of ether oxygens (including phenoxy) is 1. The number of unbranched alkanes of at least 4 members (excludes halogenated alkanes) is 1. The van der Waals surface area contributed by atoms with E-state index < -0.39 is 5.91 Å². The molecule has 30 heavy (non-hydrogen) atoms. The van der Waals surface area contributed by atoms with Crippen LogP contribution in [0.2, 0.25) is 0 Å². The monoisotopic (exact) mass is 407 g/mol. The van der Waals surface area contributed by atoms with E-state index in [-0.39, 0.29) is 18.4 Å². The highest BCUT2D eigenvalue weighted by Gasteiger charge is 2.26. The molecule has 0 N–H and O–H groups in total. The number of rotatable bonds is 8. The van der Waals surface area contributed by atoms with Crippen LogP contribution in [-0.2, 0) is 9.53 Å². The lowest BCUT2D eigenvalue weighted by Crippen LogP contribution is -2.20. The molecule has 0 spiro atoms. The lowest BCUT2D eigenvalue weighted by molar-refractivity contribution is -0.118. The molecule has 0 aromatic rings. The average Bonchev–Trinajstić information content (AvgIpc) is 2.98. The maximum Gasteiger partial charge on any atom is 0.286 e. The van der Waals surface area contributed by atoms with Crippen LogP contribution in [0.4, 0.5) is 0 Å². The Balaban J connectivity index is 1.55. The quantitative estimate of drug-likeness (QED) is 0.198. The van der Waals surface area contributed by atoms with E-state index in [9.17, 15) is 9.70 Å². The third-order valence-electron chi connectivity index (χ3n) is 6.15. The number of nitroso groups, excluding NO2 is 1. The van der Waals surface area contributed by atoms with Gasteiger partial charge in [0.2, 0.25) is 0 Å². The minimum Gasteiger partial charge on any atom is -0.491 e. The molecule has 0 aliphatic heterocycles. The Morgan fingerprint density at radius 1 is 1.13 bits per heavy atom. The molecular formula is C26H33NO3. The molecule has 1 fully saturated rings. The van der Waals surface area contributed by atoms with Gasteiger partial charge >= 0.3 is 0 Å². The van der Waals surface area contributed by atoms with Crippen molar-refractivity contribution in [2.24, 2.45) is 17.0 Å². The maximum atomic E-state index is 11.0. The van der Waals surface area contributed by atoms with Gasteiger partial charge in [-0.05, 0) is 75.9 Å². The fraction of sp³-hybridized carbons (Fsp3) is 0.577. The smallest absolute Gasteiger partial charge is 0.286 e. The van der Waals surface area contributed by atoms with Gasteiger partial charge in [0.05, 0.1) is 6.10 Å². The molecule has 1 amide bonds. The molecule has 3 aliphatic carbocycles. The van der Waals surface area contributed by atoms with Crippen molar-refractivity contribution in [1.29, 1.82) is 0 Å². The van der Waals surface area contributed by atoms with E-state index in [2.05, 4.69) is 53.5 Å². The third-order valence-corrected chi connectivity index (χ3v) is 6.15. The van der Waals surface area contributed by atoms with Gasteiger partial charge in [-0.2, -0.15) is 0 Å². The lowest BCUT2D eigenvalue weighted by Gasteiger charge is -2.25. The highest BCUT2D eigenvalue weighted by molar-refractivity contribution is 5.76. The van der Waals surface area contributed by atoms with E-state index in [1.807, 2.05) is 0 Å². The van der Waals surface area contributed by atoms with Crippen LogP contribution < -0.4 is 0 Å². The van der Waals surface area contributed by atoms with E-state index in [1.54, 1.807) is 0 Å². The fourth-order valence-corrected chi connectivity index (χ4v) is 4.47. The molecule has 4 nitrogen and oxygen atoms in total. The van der Waals surface area contributed by atoms with Crippen LogP contribution in [0.15, 0.2) is 53.0 Å². The Labute approximate surface area is 180 Å². The molecular weight excluding hydrogens is 374 g/mol. The van der Waals surface area contributed by atoms with Gasteiger partial charge in [-0.15, -0.1) is 4.91 Å². The number of carbonyl (C=O) groups excluding carboxylic acids is 1. The predicted molar refractivity (Wildman–Crippen MR) is 120 cm³/mol. The number of hydrogen-bond donors (Lipinski definition) is 0. The zero-order chi connectivity index (χ0) is 21.0. The topological polar surface area (TPSA) is 55.7 Å². The van der Waals surface area contributed by atoms with Gasteiger partial charge in [0, 0.05) is 23.9 Å². The van der Waals surface area contributed by atoms with Crippen molar-refractivity contribution in [2.45, 2.75) is 83.2 Å². The van der Waals surface area contributed by atoms with E-state index in [1.165, 1.54) is 24.8 Å². The molecule has 0 aromatic carbocycles. The summed E-state index contributed by atoms with van der Waals surface area (Å²) in [7, 11) is 0. The van der Waals surface area contributed by atoms with Crippen molar-refractivity contribution in [3.05, 3.63) is 52.7 Å². The summed E-state index contributed by atoms with van der Waals surface area (Å²) in [6.07, 6.45) is 25.1. The number of nitrogens with zero attached hydrogens (tertiary/aromatic N) is 1. The third kappa shape index (κ3) is 7.44. The van der Waals surface area contributed by atoms with Crippen LogP contribution in [-0.4, -0.2) is 12.0 Å². The summed E-state index contributed by atoms with van der Waals surface area (Å²) in [5.74, 6) is 8.14. The van der Waals surface area contributed by atoms with Crippen molar-refractivity contribution in [1.82, 2.24) is 0 Å². The van der Waals surface area contributed by atoms with Crippen LogP contribution in [0.1, 0.15) is 77.0 Å². The van der Waals surface area contributed by atoms with E-state index in [0.717, 1.165) is 50.7 Å². The summed E-state index contributed by atoms with van der Waals surface area (Å²) in [6.45, 7) is 0. The first-order valence-electron chi connectivity index (χ1n) is 11.5. The van der Waals surface area contributed by atoms with Crippen molar-refractivity contribution in [3.8, 4) is 11.8 Å². The second-order valence-electron chi connectivity index (χ2n) is 8.49. The summed E-state index contributed by atoms with van der Waals surface area (Å²) < 4.78 is 6.34. The SMILES string of the molecule is O=NC(=O)CCCCC1=C/CC#CC(C2CCCC[C@H](OC3=CCCC=C3)C2)/C=C\1. The molecule has 0 heterocycles. The molecule has 0 aromatic heterocycles. The highest BCUT2D eigenvalue weighted by Crippen LogP contribution is 2.33. The van der Waals surface area contributed by atoms with Crippen LogP contribution in [0.3, 0.4) is 0 Å². The number of hydrogen-bond acceptors (Lipinski definition) is 3. The molecule has 2 unspecified atom stereocenters. The second kappa shape index (κ2) is 12.3. The summed E-state index contributed by atoms with van der Waals surface area (Å²) >= 11 is 0. The van der Waals surface area contributed by atoms with Crippen LogP contribution in [0.5, 0.6) is 0 Å². The zero-order valence-corrected chi connectivity index (χ0v) is 17.9. The molecule has 0 saturated heterocycles. The van der Waals surface area contributed by atoms with E-state index in [0.29, 0.717) is 12.3 Å². The van der Waals surface area contributed by atoms with Crippen LogP contribution in [0.25, 0.3) is 0 Å². The number of allylic oxidation sites excluding steroid dienone is 7. The Morgan fingerprint density at radius 2 is 2.03 bits per heavy atom. The Kier molecular flexibility index (Phi) is 9.15.